The van der Waals surface area contributed by atoms with Crippen molar-refractivity contribution < 1.29 is 9.53 Å². The van der Waals surface area contributed by atoms with Gasteiger partial charge in [0.1, 0.15) is 5.75 Å². The van der Waals surface area contributed by atoms with E-state index in [-0.39, 0.29) is 5.91 Å². The summed E-state index contributed by atoms with van der Waals surface area (Å²) in [5, 5.41) is 12.3. The van der Waals surface area contributed by atoms with E-state index in [0.717, 1.165) is 43.1 Å². The molecule has 0 bridgehead atoms. The second-order valence-corrected chi connectivity index (χ2v) is 7.68. The molecule has 30 heavy (non-hydrogen) atoms. The molecule has 1 saturated heterocycles. The SMILES string of the molecule is O=C([C@@H]1CN(Cc2nnnn2-c2ccccc2)c2ccccc2O1)N1CCCCC1. The maximum Gasteiger partial charge on any atom is 0.265 e. The normalized spacial score (nSPS) is 18.6. The number of benzene rings is 2. The molecule has 0 unspecified atom stereocenters. The van der Waals surface area contributed by atoms with Crippen LogP contribution in [-0.2, 0) is 11.3 Å². The third kappa shape index (κ3) is 3.60. The molecule has 3 aromatic rings. The summed E-state index contributed by atoms with van der Waals surface area (Å²) in [6.45, 7) is 2.57. The number of nitrogens with zero attached hydrogens (tertiary/aromatic N) is 6. The molecule has 8 heteroatoms. The Hall–Kier alpha value is -3.42. The summed E-state index contributed by atoms with van der Waals surface area (Å²) in [5.41, 5.74) is 1.85. The maximum atomic E-state index is 13.1. The highest BCUT2D eigenvalue weighted by Crippen LogP contribution is 2.34. The van der Waals surface area contributed by atoms with Crippen molar-refractivity contribution in [2.45, 2.75) is 31.9 Å². The number of anilines is 1. The van der Waals surface area contributed by atoms with Crippen molar-refractivity contribution in [3.63, 3.8) is 0 Å². The lowest BCUT2D eigenvalue weighted by atomic mass is 10.1. The zero-order valence-electron chi connectivity index (χ0n) is 16.7. The number of para-hydroxylation sites is 3. The third-order valence-corrected chi connectivity index (χ3v) is 5.67. The standard InChI is InChI=1S/C22H24N6O2/c29-22(26-13-7-2-8-14-26)20-15-27(18-11-5-6-12-19(18)30-20)16-21-23-24-25-28(21)17-9-3-1-4-10-17/h1,3-6,9-12,20H,2,7-8,13-16H2/t20-/m0/s1. The van der Waals surface area contributed by atoms with Crippen molar-refractivity contribution in [1.29, 1.82) is 0 Å². The van der Waals surface area contributed by atoms with Gasteiger partial charge >= 0.3 is 0 Å². The maximum absolute atomic E-state index is 13.1. The van der Waals surface area contributed by atoms with Gasteiger partial charge in [0.05, 0.1) is 24.5 Å². The van der Waals surface area contributed by atoms with E-state index in [9.17, 15) is 4.79 Å². The van der Waals surface area contributed by atoms with Crippen molar-refractivity contribution in [1.82, 2.24) is 25.1 Å². The molecular weight excluding hydrogens is 380 g/mol. The van der Waals surface area contributed by atoms with Crippen LogP contribution in [0.15, 0.2) is 54.6 Å². The number of hydrogen-bond donors (Lipinski definition) is 0. The molecule has 1 fully saturated rings. The number of carbonyl (C=O) groups excluding carboxylic acids is 1. The molecule has 1 atom stereocenters. The summed E-state index contributed by atoms with van der Waals surface area (Å²) in [6.07, 6.45) is 2.78. The van der Waals surface area contributed by atoms with Crippen molar-refractivity contribution in [3.8, 4) is 11.4 Å². The van der Waals surface area contributed by atoms with Crippen LogP contribution in [0.5, 0.6) is 5.75 Å². The second-order valence-electron chi connectivity index (χ2n) is 7.68. The van der Waals surface area contributed by atoms with E-state index in [0.29, 0.717) is 18.9 Å². The molecule has 0 saturated carbocycles. The van der Waals surface area contributed by atoms with E-state index in [1.807, 2.05) is 59.5 Å². The molecule has 2 aliphatic heterocycles. The summed E-state index contributed by atoms with van der Waals surface area (Å²) in [7, 11) is 0. The van der Waals surface area contributed by atoms with Crippen LogP contribution in [0.25, 0.3) is 5.69 Å². The molecule has 2 aliphatic rings. The molecule has 0 N–H and O–H groups in total. The Balaban J connectivity index is 1.42. The number of aromatic nitrogens is 4. The second kappa shape index (κ2) is 8.14. The first-order valence-electron chi connectivity index (χ1n) is 10.4. The molecular formula is C22H24N6O2. The van der Waals surface area contributed by atoms with Gasteiger partial charge in [0.2, 0.25) is 0 Å². The van der Waals surface area contributed by atoms with Gasteiger partial charge in [-0.15, -0.1) is 5.10 Å². The smallest absolute Gasteiger partial charge is 0.265 e. The highest BCUT2D eigenvalue weighted by molar-refractivity contribution is 5.83. The van der Waals surface area contributed by atoms with Gasteiger partial charge in [0.15, 0.2) is 11.9 Å². The van der Waals surface area contributed by atoms with Crippen LogP contribution in [0.1, 0.15) is 25.1 Å². The van der Waals surface area contributed by atoms with Crippen molar-refractivity contribution in [3.05, 3.63) is 60.4 Å². The van der Waals surface area contributed by atoms with E-state index < -0.39 is 6.10 Å². The monoisotopic (exact) mass is 404 g/mol. The number of fused-ring (bicyclic) bond motifs is 1. The van der Waals surface area contributed by atoms with Gasteiger partial charge < -0.3 is 14.5 Å². The van der Waals surface area contributed by atoms with Crippen LogP contribution in [0.3, 0.4) is 0 Å². The zero-order valence-corrected chi connectivity index (χ0v) is 16.7. The molecule has 0 aliphatic carbocycles. The highest BCUT2D eigenvalue weighted by atomic mass is 16.5. The van der Waals surface area contributed by atoms with Gasteiger partial charge in [-0.1, -0.05) is 30.3 Å². The Morgan fingerprint density at radius 3 is 2.60 bits per heavy atom. The number of hydrogen-bond acceptors (Lipinski definition) is 6. The molecule has 3 heterocycles. The minimum absolute atomic E-state index is 0.0665. The predicted octanol–water partition coefficient (Wildman–Crippen LogP) is 2.44. The predicted molar refractivity (Wildman–Crippen MR) is 111 cm³/mol. The number of carbonyl (C=O) groups is 1. The summed E-state index contributed by atoms with van der Waals surface area (Å²) in [6, 6.07) is 17.6. The molecule has 0 spiro atoms. The van der Waals surface area contributed by atoms with Gasteiger partial charge in [0, 0.05) is 13.1 Å². The topological polar surface area (TPSA) is 76.4 Å². The van der Waals surface area contributed by atoms with Crippen LogP contribution >= 0.6 is 0 Å². The number of rotatable bonds is 4. The molecule has 1 amide bonds. The van der Waals surface area contributed by atoms with E-state index in [2.05, 4.69) is 20.4 Å². The van der Waals surface area contributed by atoms with E-state index >= 15 is 0 Å². The Labute approximate surface area is 175 Å². The Morgan fingerprint density at radius 2 is 1.77 bits per heavy atom. The number of tetrazole rings is 1. The lowest BCUT2D eigenvalue weighted by Gasteiger charge is -2.38. The Morgan fingerprint density at radius 1 is 1.00 bits per heavy atom. The van der Waals surface area contributed by atoms with E-state index in [1.54, 1.807) is 4.68 Å². The summed E-state index contributed by atoms with van der Waals surface area (Å²) >= 11 is 0. The summed E-state index contributed by atoms with van der Waals surface area (Å²) in [5.74, 6) is 1.50. The molecule has 0 radical (unpaired) electrons. The number of amides is 1. The Bertz CT molecular complexity index is 1020. The number of likely N-dealkylation sites (tertiary alicyclic amines) is 1. The first-order valence-corrected chi connectivity index (χ1v) is 10.4. The summed E-state index contributed by atoms with van der Waals surface area (Å²) < 4.78 is 7.86. The largest absolute Gasteiger partial charge is 0.477 e. The summed E-state index contributed by atoms with van der Waals surface area (Å²) in [4.78, 5) is 17.2. The average molecular weight is 404 g/mol. The van der Waals surface area contributed by atoms with E-state index in [1.165, 1.54) is 6.42 Å². The molecule has 2 aromatic carbocycles. The van der Waals surface area contributed by atoms with Crippen molar-refractivity contribution >= 4 is 11.6 Å². The lowest BCUT2D eigenvalue weighted by Crippen LogP contribution is -2.51. The molecule has 154 valence electrons. The van der Waals surface area contributed by atoms with Gasteiger partial charge in [-0.3, -0.25) is 4.79 Å². The van der Waals surface area contributed by atoms with Crippen LogP contribution in [0.4, 0.5) is 5.69 Å². The molecule has 5 rings (SSSR count). The lowest BCUT2D eigenvalue weighted by molar-refractivity contribution is -0.139. The minimum atomic E-state index is -0.529. The van der Waals surface area contributed by atoms with Crippen LogP contribution in [0.2, 0.25) is 0 Å². The van der Waals surface area contributed by atoms with Gasteiger partial charge in [-0.25, -0.2) is 0 Å². The first kappa shape index (κ1) is 18.6. The van der Waals surface area contributed by atoms with Crippen LogP contribution in [0, 0.1) is 0 Å². The van der Waals surface area contributed by atoms with Crippen LogP contribution < -0.4 is 9.64 Å². The van der Waals surface area contributed by atoms with Crippen molar-refractivity contribution in [2.24, 2.45) is 0 Å². The van der Waals surface area contributed by atoms with Gasteiger partial charge in [-0.2, -0.15) is 4.68 Å². The van der Waals surface area contributed by atoms with Crippen molar-refractivity contribution in [2.75, 3.05) is 24.5 Å². The fourth-order valence-corrected chi connectivity index (χ4v) is 4.15. The quantitative estimate of drug-likeness (QED) is 0.665. The average Bonchev–Trinajstić information content (AvgIpc) is 3.28. The first-order chi connectivity index (χ1) is 14.8. The number of ether oxygens (including phenoxy) is 1. The Kier molecular flexibility index (Phi) is 5.04. The minimum Gasteiger partial charge on any atom is -0.477 e. The fraction of sp³-hybridized carbons (Fsp3) is 0.364. The third-order valence-electron chi connectivity index (χ3n) is 5.67. The molecule has 8 nitrogen and oxygen atoms in total. The van der Waals surface area contributed by atoms with E-state index in [4.69, 9.17) is 4.74 Å². The van der Waals surface area contributed by atoms with Crippen LogP contribution in [-0.4, -0.2) is 56.8 Å². The highest BCUT2D eigenvalue weighted by Gasteiger charge is 2.34. The number of piperidine rings is 1. The van der Waals surface area contributed by atoms with Gasteiger partial charge in [0.25, 0.3) is 5.91 Å². The van der Waals surface area contributed by atoms with Gasteiger partial charge in [-0.05, 0) is 54.0 Å². The molecule has 1 aromatic heterocycles. The fourth-order valence-electron chi connectivity index (χ4n) is 4.15. The zero-order chi connectivity index (χ0) is 20.3.